The first-order chi connectivity index (χ1) is 6.68. The van der Waals surface area contributed by atoms with E-state index in [1.165, 1.54) is 4.90 Å². The lowest BCUT2D eigenvalue weighted by molar-refractivity contribution is 0.524. The number of hydrogen-bond donors (Lipinski definition) is 1. The average Bonchev–Trinajstić information content (AvgIpc) is 2.15. The number of rotatable bonds is 5. The summed E-state index contributed by atoms with van der Waals surface area (Å²) in [5, 5.41) is 0. The van der Waals surface area contributed by atoms with Crippen molar-refractivity contribution >= 4 is 11.8 Å². The fourth-order valence-corrected chi connectivity index (χ4v) is 2.29. The van der Waals surface area contributed by atoms with E-state index in [1.54, 1.807) is 0 Å². The third kappa shape index (κ3) is 4.68. The van der Waals surface area contributed by atoms with E-state index >= 15 is 0 Å². The normalized spacial score (nSPS) is 13.1. The molecule has 0 amide bonds. The van der Waals surface area contributed by atoms with Crippen LogP contribution in [0.4, 0.5) is 0 Å². The Hall–Kier alpha value is -0.470. The van der Waals surface area contributed by atoms with Crippen LogP contribution in [0.25, 0.3) is 0 Å². The molecule has 1 aromatic rings. The first-order valence-corrected chi connectivity index (χ1v) is 6.10. The second-order valence-electron chi connectivity index (χ2n) is 4.01. The highest BCUT2D eigenvalue weighted by Crippen LogP contribution is 2.19. The Morgan fingerprint density at radius 2 is 1.86 bits per heavy atom. The zero-order chi connectivity index (χ0) is 10.4. The highest BCUT2D eigenvalue weighted by Gasteiger charge is 2.05. The minimum atomic E-state index is 0.320. The van der Waals surface area contributed by atoms with Gasteiger partial charge in [-0.25, -0.2) is 0 Å². The second kappa shape index (κ2) is 6.10. The molecule has 1 atom stereocenters. The van der Waals surface area contributed by atoms with E-state index in [0.717, 1.165) is 12.2 Å². The van der Waals surface area contributed by atoms with Gasteiger partial charge in [0.25, 0.3) is 0 Å². The topological polar surface area (TPSA) is 26.0 Å². The standard InChI is InChI=1S/C12H19NS/c1-10(2)8-11(13)9-14-12-6-4-3-5-7-12/h3-7,10-11H,8-9,13H2,1-2H3. The van der Waals surface area contributed by atoms with Gasteiger partial charge in [0.1, 0.15) is 0 Å². The molecular formula is C12H19NS. The Balaban J connectivity index is 2.27. The van der Waals surface area contributed by atoms with Crippen molar-refractivity contribution in [2.24, 2.45) is 11.7 Å². The third-order valence-electron chi connectivity index (χ3n) is 1.98. The van der Waals surface area contributed by atoms with Crippen LogP contribution < -0.4 is 5.73 Å². The highest BCUT2D eigenvalue weighted by atomic mass is 32.2. The van der Waals surface area contributed by atoms with Gasteiger partial charge in [-0.2, -0.15) is 0 Å². The van der Waals surface area contributed by atoms with E-state index in [0.29, 0.717) is 12.0 Å². The van der Waals surface area contributed by atoms with Crippen LogP contribution in [0.1, 0.15) is 20.3 Å². The van der Waals surface area contributed by atoms with Crippen LogP contribution >= 0.6 is 11.8 Å². The zero-order valence-corrected chi connectivity index (χ0v) is 9.76. The molecule has 2 heteroatoms. The monoisotopic (exact) mass is 209 g/mol. The van der Waals surface area contributed by atoms with E-state index in [2.05, 4.69) is 38.1 Å². The minimum absolute atomic E-state index is 0.320. The molecule has 14 heavy (non-hydrogen) atoms. The smallest absolute Gasteiger partial charge is 0.0136 e. The number of benzene rings is 1. The second-order valence-corrected chi connectivity index (χ2v) is 5.11. The largest absolute Gasteiger partial charge is 0.327 e. The van der Waals surface area contributed by atoms with Gasteiger partial charge in [0.05, 0.1) is 0 Å². The van der Waals surface area contributed by atoms with E-state index < -0.39 is 0 Å². The molecule has 0 saturated carbocycles. The summed E-state index contributed by atoms with van der Waals surface area (Å²) in [5.41, 5.74) is 6.00. The average molecular weight is 209 g/mol. The molecule has 0 aliphatic heterocycles. The summed E-state index contributed by atoms with van der Waals surface area (Å²) in [6, 6.07) is 10.8. The maximum atomic E-state index is 6.00. The van der Waals surface area contributed by atoms with E-state index in [-0.39, 0.29) is 0 Å². The van der Waals surface area contributed by atoms with Gasteiger partial charge >= 0.3 is 0 Å². The molecule has 0 bridgehead atoms. The quantitative estimate of drug-likeness (QED) is 0.754. The Morgan fingerprint density at radius 1 is 1.21 bits per heavy atom. The first-order valence-electron chi connectivity index (χ1n) is 5.12. The minimum Gasteiger partial charge on any atom is -0.327 e. The van der Waals surface area contributed by atoms with Gasteiger partial charge in [-0.1, -0.05) is 32.0 Å². The van der Waals surface area contributed by atoms with Gasteiger partial charge in [-0.3, -0.25) is 0 Å². The molecule has 0 fully saturated rings. The molecule has 1 nitrogen and oxygen atoms in total. The van der Waals surface area contributed by atoms with Crippen molar-refractivity contribution in [2.45, 2.75) is 31.2 Å². The molecule has 0 radical (unpaired) electrons. The van der Waals surface area contributed by atoms with Crippen molar-refractivity contribution in [3.05, 3.63) is 30.3 Å². The number of thioether (sulfide) groups is 1. The molecule has 1 rings (SSSR count). The lowest BCUT2D eigenvalue weighted by Gasteiger charge is -2.13. The van der Waals surface area contributed by atoms with E-state index in [9.17, 15) is 0 Å². The summed E-state index contributed by atoms with van der Waals surface area (Å²) in [4.78, 5) is 1.31. The molecule has 1 unspecified atom stereocenters. The summed E-state index contributed by atoms with van der Waals surface area (Å²) in [7, 11) is 0. The van der Waals surface area contributed by atoms with Crippen LogP contribution in [0.5, 0.6) is 0 Å². The zero-order valence-electron chi connectivity index (χ0n) is 8.94. The van der Waals surface area contributed by atoms with Gasteiger partial charge < -0.3 is 5.73 Å². The molecule has 1 aromatic carbocycles. The fourth-order valence-electron chi connectivity index (χ4n) is 1.39. The van der Waals surface area contributed by atoms with Crippen LogP contribution in [0.2, 0.25) is 0 Å². The summed E-state index contributed by atoms with van der Waals surface area (Å²) in [6.07, 6.45) is 1.11. The van der Waals surface area contributed by atoms with Crippen molar-refractivity contribution in [2.75, 3.05) is 5.75 Å². The van der Waals surface area contributed by atoms with Crippen LogP contribution in [0, 0.1) is 5.92 Å². The van der Waals surface area contributed by atoms with Gasteiger partial charge in [-0.05, 0) is 24.5 Å². The predicted molar refractivity (Wildman–Crippen MR) is 64.6 cm³/mol. The molecule has 78 valence electrons. The molecule has 0 aromatic heterocycles. The lowest BCUT2D eigenvalue weighted by Crippen LogP contribution is -2.24. The number of hydrogen-bond acceptors (Lipinski definition) is 2. The molecule has 0 saturated heterocycles. The van der Waals surface area contributed by atoms with Crippen molar-refractivity contribution in [1.29, 1.82) is 0 Å². The summed E-state index contributed by atoms with van der Waals surface area (Å²) >= 11 is 1.85. The Bertz CT molecular complexity index is 246. The maximum Gasteiger partial charge on any atom is 0.0136 e. The molecule has 0 aliphatic rings. The van der Waals surface area contributed by atoms with Crippen LogP contribution in [0.3, 0.4) is 0 Å². The summed E-state index contributed by atoms with van der Waals surface area (Å²) < 4.78 is 0. The van der Waals surface area contributed by atoms with Crippen LogP contribution in [0.15, 0.2) is 35.2 Å². The van der Waals surface area contributed by atoms with Crippen molar-refractivity contribution in [1.82, 2.24) is 0 Å². The Morgan fingerprint density at radius 3 is 2.43 bits per heavy atom. The predicted octanol–water partition coefficient (Wildman–Crippen LogP) is 3.15. The molecule has 2 N–H and O–H groups in total. The Labute approximate surface area is 91.1 Å². The van der Waals surface area contributed by atoms with Crippen molar-refractivity contribution < 1.29 is 0 Å². The van der Waals surface area contributed by atoms with Gasteiger partial charge in [0.2, 0.25) is 0 Å². The summed E-state index contributed by atoms with van der Waals surface area (Å²) in [6.45, 7) is 4.43. The number of nitrogens with two attached hydrogens (primary N) is 1. The van der Waals surface area contributed by atoms with Crippen LogP contribution in [-0.2, 0) is 0 Å². The van der Waals surface area contributed by atoms with E-state index in [1.807, 2.05) is 17.8 Å². The Kier molecular flexibility index (Phi) is 5.05. The molecule has 0 heterocycles. The highest BCUT2D eigenvalue weighted by molar-refractivity contribution is 7.99. The first kappa shape index (κ1) is 11.6. The SMILES string of the molecule is CC(C)CC(N)CSc1ccccc1. The third-order valence-corrected chi connectivity index (χ3v) is 3.18. The van der Waals surface area contributed by atoms with Crippen molar-refractivity contribution in [3.8, 4) is 0 Å². The molecular weight excluding hydrogens is 190 g/mol. The lowest BCUT2D eigenvalue weighted by atomic mass is 10.1. The molecule has 0 aliphatic carbocycles. The van der Waals surface area contributed by atoms with E-state index in [4.69, 9.17) is 5.73 Å². The maximum absolute atomic E-state index is 6.00. The fraction of sp³-hybridized carbons (Fsp3) is 0.500. The van der Waals surface area contributed by atoms with Crippen molar-refractivity contribution in [3.63, 3.8) is 0 Å². The van der Waals surface area contributed by atoms with Gasteiger partial charge in [0, 0.05) is 16.7 Å². The van der Waals surface area contributed by atoms with Gasteiger partial charge in [0.15, 0.2) is 0 Å². The van der Waals surface area contributed by atoms with Crippen LogP contribution in [-0.4, -0.2) is 11.8 Å². The van der Waals surface area contributed by atoms with Gasteiger partial charge in [-0.15, -0.1) is 11.8 Å². The molecule has 0 spiro atoms. The summed E-state index contributed by atoms with van der Waals surface area (Å²) in [5.74, 6) is 1.71.